The van der Waals surface area contributed by atoms with Crippen molar-refractivity contribution in [1.82, 2.24) is 0 Å². The number of rotatable bonds is 2. The van der Waals surface area contributed by atoms with Gasteiger partial charge in [0.25, 0.3) is 0 Å². The molecule has 1 aromatic carbocycles. The summed E-state index contributed by atoms with van der Waals surface area (Å²) in [6.07, 6.45) is -5.46. The molecule has 192 valence electrons. The number of Topliss-reactive ketones (excluding diaryl/α,β-unsaturated/α-hetero) is 2. The molecule has 4 rings (SSSR count). The van der Waals surface area contributed by atoms with Gasteiger partial charge in [0.05, 0.1) is 23.7 Å². The zero-order valence-electron chi connectivity index (χ0n) is 20.3. The minimum Gasteiger partial charge on any atom is -0.508 e. The van der Waals surface area contributed by atoms with Crippen molar-refractivity contribution >= 4 is 17.5 Å². The second kappa shape index (κ2) is 7.49. The average Bonchev–Trinajstić information content (AvgIpc) is 2.75. The number of hydrogen-bond acceptors (Lipinski definition) is 9. The van der Waals surface area contributed by atoms with Crippen LogP contribution in [0.1, 0.15) is 56.5 Å². The van der Waals surface area contributed by atoms with Crippen molar-refractivity contribution < 1.29 is 45.0 Å². The van der Waals surface area contributed by atoms with E-state index in [1.807, 2.05) is 0 Å². The molecule has 2 saturated carbocycles. The first-order chi connectivity index (χ1) is 16.0. The van der Waals surface area contributed by atoms with E-state index in [0.29, 0.717) is 0 Å². The molecular formula is C25H33NO9. The summed E-state index contributed by atoms with van der Waals surface area (Å²) in [5.74, 6) is -9.98. The zero-order chi connectivity index (χ0) is 26.6. The second-order valence-electron chi connectivity index (χ2n) is 11.2. The number of aromatic hydroxyl groups is 2. The van der Waals surface area contributed by atoms with E-state index in [1.165, 1.54) is 19.9 Å². The van der Waals surface area contributed by atoms with Crippen molar-refractivity contribution in [3.8, 4) is 11.5 Å². The van der Waals surface area contributed by atoms with E-state index in [2.05, 4.69) is 0 Å². The summed E-state index contributed by atoms with van der Waals surface area (Å²) in [6.45, 7) is 7.84. The summed E-state index contributed by atoms with van der Waals surface area (Å²) in [4.78, 5) is 39.6. The number of primary amides is 1. The summed E-state index contributed by atoms with van der Waals surface area (Å²) < 4.78 is 0. The maximum Gasteiger partial charge on any atom is 0.230 e. The normalized spacial score (nSPS) is 45.0. The van der Waals surface area contributed by atoms with E-state index < -0.39 is 87.6 Å². The molecule has 35 heavy (non-hydrogen) atoms. The minimum absolute atomic E-state index is 0.0767. The van der Waals surface area contributed by atoms with Gasteiger partial charge in [0.2, 0.25) is 5.91 Å². The van der Waals surface area contributed by atoms with E-state index in [4.69, 9.17) is 5.73 Å². The molecule has 8 N–H and O–H groups in total. The van der Waals surface area contributed by atoms with E-state index in [1.54, 1.807) is 20.8 Å². The first kappa shape index (κ1) is 25.6. The standard InChI is InChI=1S/C25H33NO9/c1-8(2)15-18(30)14(21(26)33)19(31)25(35)20(32)16-17(29)13-11(28)7-6-10(27)12(13)9(3)23(16,4)22(34)24(15,25)5/h6-9,14-16,18,20,22,27-28,30,32,34-35H,1-5H3,(H2,26,33)/t9-,14-,15+,16-,18?,20?,22-,23+,24+,25+/m1/s1. The Kier molecular flexibility index (Phi) is 5.47. The molecule has 10 nitrogen and oxygen atoms in total. The number of amides is 1. The number of benzene rings is 1. The van der Waals surface area contributed by atoms with Gasteiger partial charge in [-0.25, -0.2) is 0 Å². The number of phenols is 2. The highest BCUT2D eigenvalue weighted by molar-refractivity contribution is 6.09. The fourth-order valence-corrected chi connectivity index (χ4v) is 7.80. The molecule has 0 saturated heterocycles. The largest absolute Gasteiger partial charge is 0.508 e. The zero-order valence-corrected chi connectivity index (χ0v) is 20.3. The van der Waals surface area contributed by atoms with Gasteiger partial charge in [-0.1, -0.05) is 34.6 Å². The van der Waals surface area contributed by atoms with Crippen molar-refractivity contribution in [3.05, 3.63) is 23.3 Å². The van der Waals surface area contributed by atoms with Crippen molar-refractivity contribution in [2.75, 3.05) is 0 Å². The van der Waals surface area contributed by atoms with Gasteiger partial charge in [0.15, 0.2) is 17.2 Å². The third-order valence-corrected chi connectivity index (χ3v) is 9.57. The molecular weight excluding hydrogens is 458 g/mol. The van der Waals surface area contributed by atoms with Crippen molar-refractivity contribution in [2.24, 2.45) is 40.2 Å². The van der Waals surface area contributed by atoms with Gasteiger partial charge in [-0.15, -0.1) is 0 Å². The third-order valence-electron chi connectivity index (χ3n) is 9.57. The Balaban J connectivity index is 2.07. The monoisotopic (exact) mass is 491 g/mol. The van der Waals surface area contributed by atoms with Crippen LogP contribution in [0.4, 0.5) is 0 Å². The number of aliphatic hydroxyl groups excluding tert-OH is 3. The number of nitrogens with two attached hydrogens (primary N) is 1. The lowest BCUT2D eigenvalue weighted by Gasteiger charge is -2.69. The van der Waals surface area contributed by atoms with Gasteiger partial charge in [-0.2, -0.15) is 0 Å². The maximum atomic E-state index is 13.7. The van der Waals surface area contributed by atoms with Crippen LogP contribution in [-0.2, 0) is 9.59 Å². The Bertz CT molecular complexity index is 1130. The number of aliphatic hydroxyl groups is 4. The molecule has 0 aromatic heterocycles. The second-order valence-corrected chi connectivity index (χ2v) is 11.2. The molecule has 0 bridgehead atoms. The fourth-order valence-electron chi connectivity index (χ4n) is 7.80. The van der Waals surface area contributed by atoms with Crippen LogP contribution in [0.5, 0.6) is 11.5 Å². The molecule has 3 aliphatic rings. The van der Waals surface area contributed by atoms with Crippen molar-refractivity contribution in [1.29, 1.82) is 0 Å². The lowest BCUT2D eigenvalue weighted by atomic mass is 9.36. The number of ketones is 2. The van der Waals surface area contributed by atoms with Gasteiger partial charge < -0.3 is 36.4 Å². The van der Waals surface area contributed by atoms with E-state index in [0.717, 1.165) is 6.07 Å². The molecule has 0 spiro atoms. The summed E-state index contributed by atoms with van der Waals surface area (Å²) >= 11 is 0. The van der Waals surface area contributed by atoms with Gasteiger partial charge in [0.1, 0.15) is 23.5 Å². The van der Waals surface area contributed by atoms with Crippen LogP contribution < -0.4 is 5.73 Å². The Hall–Kier alpha value is -2.53. The first-order valence-corrected chi connectivity index (χ1v) is 11.7. The van der Waals surface area contributed by atoms with E-state index in [9.17, 15) is 45.0 Å². The van der Waals surface area contributed by atoms with Gasteiger partial charge >= 0.3 is 0 Å². The van der Waals surface area contributed by atoms with E-state index >= 15 is 0 Å². The lowest BCUT2D eigenvalue weighted by Crippen LogP contribution is -2.83. The van der Waals surface area contributed by atoms with Crippen LogP contribution in [0.3, 0.4) is 0 Å². The predicted molar refractivity (Wildman–Crippen MR) is 121 cm³/mol. The maximum absolute atomic E-state index is 13.7. The molecule has 10 heteroatoms. The molecule has 1 aromatic rings. The number of carbonyl (C=O) groups is 3. The number of fused-ring (bicyclic) bond motifs is 3. The van der Waals surface area contributed by atoms with E-state index in [-0.39, 0.29) is 16.9 Å². The summed E-state index contributed by atoms with van der Waals surface area (Å²) in [6, 6.07) is 2.33. The lowest BCUT2D eigenvalue weighted by molar-refractivity contribution is -0.306. The van der Waals surface area contributed by atoms with Crippen LogP contribution in [0.15, 0.2) is 12.1 Å². The Labute approximate surface area is 202 Å². The first-order valence-electron chi connectivity index (χ1n) is 11.7. The summed E-state index contributed by atoms with van der Waals surface area (Å²) in [7, 11) is 0. The predicted octanol–water partition coefficient (Wildman–Crippen LogP) is -0.190. The highest BCUT2D eigenvalue weighted by Crippen LogP contribution is 2.68. The Morgan fingerprint density at radius 3 is 2.11 bits per heavy atom. The van der Waals surface area contributed by atoms with Gasteiger partial charge in [-0.05, 0) is 29.9 Å². The van der Waals surface area contributed by atoms with Crippen molar-refractivity contribution in [2.45, 2.75) is 64.4 Å². The molecule has 0 aliphatic heterocycles. The fraction of sp³-hybridized carbons (Fsp3) is 0.640. The van der Waals surface area contributed by atoms with Crippen LogP contribution in [0, 0.1) is 34.5 Å². The van der Waals surface area contributed by atoms with Crippen LogP contribution >= 0.6 is 0 Å². The molecule has 1 amide bonds. The minimum atomic E-state index is -2.83. The number of hydrogen-bond donors (Lipinski definition) is 7. The number of carbonyl (C=O) groups excluding carboxylic acids is 3. The molecule has 10 atom stereocenters. The molecule has 2 unspecified atom stereocenters. The Morgan fingerprint density at radius 2 is 1.60 bits per heavy atom. The molecule has 2 fully saturated rings. The quantitative estimate of drug-likeness (QED) is 0.216. The topological polar surface area (TPSA) is 199 Å². The third kappa shape index (κ3) is 2.65. The van der Waals surface area contributed by atoms with Crippen LogP contribution in [-0.4, -0.2) is 72.0 Å². The van der Waals surface area contributed by atoms with Crippen LogP contribution in [0.2, 0.25) is 0 Å². The highest BCUT2D eigenvalue weighted by Gasteiger charge is 2.80. The molecule has 0 heterocycles. The SMILES string of the molecule is CC(C)[C@H]1C(O)[C@@H](C(N)=O)C(=O)[C@]2(O)C(O)[C@H]3C(=O)c4c(O)ccc(O)c4[C@@H](C)[C@]3(C)[C@@H](O)[C@]12C. The summed E-state index contributed by atoms with van der Waals surface area (Å²) in [5.41, 5.74) is -1.08. The van der Waals surface area contributed by atoms with Crippen LogP contribution in [0.25, 0.3) is 0 Å². The van der Waals surface area contributed by atoms with Crippen molar-refractivity contribution in [3.63, 3.8) is 0 Å². The average molecular weight is 492 g/mol. The number of phenolic OH excluding ortho intramolecular Hbond substituents is 2. The van der Waals surface area contributed by atoms with Gasteiger partial charge in [-0.3, -0.25) is 14.4 Å². The smallest absolute Gasteiger partial charge is 0.230 e. The molecule has 3 aliphatic carbocycles. The summed E-state index contributed by atoms with van der Waals surface area (Å²) in [5, 5.41) is 67.8. The highest BCUT2D eigenvalue weighted by atomic mass is 16.4. The van der Waals surface area contributed by atoms with Gasteiger partial charge in [0, 0.05) is 16.4 Å². The Morgan fingerprint density at radius 1 is 1.06 bits per heavy atom. The molecule has 0 radical (unpaired) electrons.